The summed E-state index contributed by atoms with van der Waals surface area (Å²) in [7, 11) is 0. The van der Waals surface area contributed by atoms with Crippen molar-refractivity contribution in [2.45, 2.75) is 64.3 Å². The molecule has 0 atom stereocenters. The number of Topliss-reactive ketones (excluding diaryl/α,β-unsaturated/α-hetero) is 1. The van der Waals surface area contributed by atoms with E-state index in [4.69, 9.17) is 0 Å². The number of hydrogen-bond acceptors (Lipinski definition) is 3. The highest BCUT2D eigenvalue weighted by molar-refractivity contribution is 5.81. The van der Waals surface area contributed by atoms with E-state index in [2.05, 4.69) is 9.80 Å². The van der Waals surface area contributed by atoms with Crippen LogP contribution in [0.1, 0.15) is 58.3 Å². The molecule has 4 heteroatoms. The fourth-order valence-electron chi connectivity index (χ4n) is 4.56. The molecule has 3 fully saturated rings. The van der Waals surface area contributed by atoms with E-state index in [1.165, 1.54) is 25.9 Å². The average Bonchev–Trinajstić information content (AvgIpc) is 3.09. The topological polar surface area (TPSA) is 40.6 Å². The number of carbonyl (C=O) groups is 2. The summed E-state index contributed by atoms with van der Waals surface area (Å²) in [6.07, 6.45) is 8.64. The maximum atomic E-state index is 12.7. The van der Waals surface area contributed by atoms with Crippen LogP contribution in [0.15, 0.2) is 0 Å². The fourth-order valence-corrected chi connectivity index (χ4v) is 4.56. The second kappa shape index (κ2) is 7.12. The quantitative estimate of drug-likeness (QED) is 0.804. The normalized spacial score (nSPS) is 31.4. The van der Waals surface area contributed by atoms with Crippen LogP contribution in [0.25, 0.3) is 0 Å². The average molecular weight is 306 g/mol. The lowest BCUT2D eigenvalue weighted by atomic mass is 9.79. The van der Waals surface area contributed by atoms with Crippen molar-refractivity contribution in [3.63, 3.8) is 0 Å². The largest absolute Gasteiger partial charge is 0.342 e. The van der Waals surface area contributed by atoms with E-state index in [0.29, 0.717) is 17.7 Å². The molecule has 0 radical (unpaired) electrons. The maximum Gasteiger partial charge on any atom is 0.225 e. The molecule has 3 rings (SSSR count). The van der Waals surface area contributed by atoms with E-state index < -0.39 is 0 Å². The summed E-state index contributed by atoms with van der Waals surface area (Å²) in [6, 6.07) is 0.708. The summed E-state index contributed by atoms with van der Waals surface area (Å²) in [5.74, 6) is 1.06. The number of carbonyl (C=O) groups excluding carboxylic acids is 2. The Morgan fingerprint density at radius 2 is 1.32 bits per heavy atom. The number of ketones is 1. The van der Waals surface area contributed by atoms with Crippen LogP contribution in [0.2, 0.25) is 0 Å². The summed E-state index contributed by atoms with van der Waals surface area (Å²) in [4.78, 5) is 28.9. The smallest absolute Gasteiger partial charge is 0.225 e. The number of piperidine rings is 1. The predicted molar refractivity (Wildman–Crippen MR) is 86.5 cm³/mol. The van der Waals surface area contributed by atoms with Gasteiger partial charge in [-0.1, -0.05) is 0 Å². The Hall–Kier alpha value is -0.900. The van der Waals surface area contributed by atoms with Gasteiger partial charge in [-0.2, -0.15) is 0 Å². The van der Waals surface area contributed by atoms with E-state index in [1.807, 2.05) is 0 Å². The number of rotatable bonds is 3. The first-order valence-corrected chi connectivity index (χ1v) is 9.18. The Morgan fingerprint density at radius 1 is 0.773 bits per heavy atom. The molecule has 3 aliphatic rings. The zero-order valence-corrected chi connectivity index (χ0v) is 13.9. The molecule has 0 spiro atoms. The van der Waals surface area contributed by atoms with Crippen molar-refractivity contribution in [1.82, 2.24) is 9.80 Å². The van der Waals surface area contributed by atoms with Crippen LogP contribution in [0.5, 0.6) is 0 Å². The van der Waals surface area contributed by atoms with Crippen molar-refractivity contribution in [3.05, 3.63) is 0 Å². The molecule has 2 aliphatic heterocycles. The van der Waals surface area contributed by atoms with Crippen LogP contribution < -0.4 is 0 Å². The Kier molecular flexibility index (Phi) is 5.17. The van der Waals surface area contributed by atoms with Gasteiger partial charge in [0.05, 0.1) is 0 Å². The highest BCUT2D eigenvalue weighted by Gasteiger charge is 2.33. The molecule has 0 aromatic rings. The third kappa shape index (κ3) is 3.53. The Balaban J connectivity index is 1.45. The molecule has 4 nitrogen and oxygen atoms in total. The molecule has 0 aromatic heterocycles. The highest BCUT2D eigenvalue weighted by atomic mass is 16.2. The van der Waals surface area contributed by atoms with Gasteiger partial charge in [0.1, 0.15) is 5.78 Å². The third-order valence-electron chi connectivity index (χ3n) is 6.08. The summed E-state index contributed by atoms with van der Waals surface area (Å²) in [6.45, 7) is 6.08. The molecule has 2 saturated heterocycles. The van der Waals surface area contributed by atoms with Crippen molar-refractivity contribution in [3.8, 4) is 0 Å². The molecular formula is C18H30N2O2. The molecule has 1 amide bonds. The zero-order chi connectivity index (χ0) is 15.5. The van der Waals surface area contributed by atoms with Gasteiger partial charge in [0.2, 0.25) is 5.91 Å². The van der Waals surface area contributed by atoms with Crippen molar-refractivity contribution >= 4 is 11.7 Å². The standard InChI is InChI=1S/C18H30N2O2/c1-14(21)15-4-6-16(7-5-15)18(22)20-12-8-17(9-13-20)19-10-2-3-11-19/h15-17H,2-13H2,1H3. The van der Waals surface area contributed by atoms with E-state index in [9.17, 15) is 9.59 Å². The minimum Gasteiger partial charge on any atom is -0.342 e. The first kappa shape index (κ1) is 16.0. The van der Waals surface area contributed by atoms with Crippen molar-refractivity contribution < 1.29 is 9.59 Å². The third-order valence-corrected chi connectivity index (χ3v) is 6.08. The second-order valence-corrected chi connectivity index (χ2v) is 7.46. The first-order chi connectivity index (χ1) is 10.6. The van der Waals surface area contributed by atoms with Gasteiger partial charge in [-0.3, -0.25) is 9.59 Å². The van der Waals surface area contributed by atoms with Crippen molar-refractivity contribution in [2.24, 2.45) is 11.8 Å². The molecular weight excluding hydrogens is 276 g/mol. The molecule has 2 heterocycles. The van der Waals surface area contributed by atoms with Gasteiger partial charge in [0.15, 0.2) is 0 Å². The molecule has 1 aliphatic carbocycles. The molecule has 124 valence electrons. The minimum atomic E-state index is 0.180. The predicted octanol–water partition coefficient (Wildman–Crippen LogP) is 2.47. The number of likely N-dealkylation sites (tertiary alicyclic amines) is 2. The molecule has 0 unspecified atom stereocenters. The number of nitrogens with zero attached hydrogens (tertiary/aromatic N) is 2. The van der Waals surface area contributed by atoms with E-state index in [0.717, 1.165) is 51.6 Å². The van der Waals surface area contributed by atoms with Gasteiger partial charge < -0.3 is 9.80 Å². The van der Waals surface area contributed by atoms with Crippen LogP contribution in [0, 0.1) is 11.8 Å². The lowest BCUT2D eigenvalue weighted by molar-refractivity contribution is -0.139. The second-order valence-electron chi connectivity index (χ2n) is 7.46. The fraction of sp³-hybridized carbons (Fsp3) is 0.889. The summed E-state index contributed by atoms with van der Waals surface area (Å²) < 4.78 is 0. The van der Waals surface area contributed by atoms with Crippen molar-refractivity contribution in [1.29, 1.82) is 0 Å². The van der Waals surface area contributed by atoms with Gasteiger partial charge >= 0.3 is 0 Å². The van der Waals surface area contributed by atoms with Gasteiger partial charge in [0, 0.05) is 31.0 Å². The monoisotopic (exact) mass is 306 g/mol. The van der Waals surface area contributed by atoms with Crippen LogP contribution >= 0.6 is 0 Å². The van der Waals surface area contributed by atoms with Crippen LogP contribution in [0.4, 0.5) is 0 Å². The molecule has 0 aromatic carbocycles. The van der Waals surface area contributed by atoms with E-state index in [-0.39, 0.29) is 11.8 Å². The Morgan fingerprint density at radius 3 is 1.86 bits per heavy atom. The molecule has 1 saturated carbocycles. The first-order valence-electron chi connectivity index (χ1n) is 9.18. The van der Waals surface area contributed by atoms with Gasteiger partial charge in [0.25, 0.3) is 0 Å². The van der Waals surface area contributed by atoms with Gasteiger partial charge in [-0.05, 0) is 71.4 Å². The van der Waals surface area contributed by atoms with Crippen LogP contribution in [0.3, 0.4) is 0 Å². The lowest BCUT2D eigenvalue weighted by Gasteiger charge is -2.39. The lowest BCUT2D eigenvalue weighted by Crippen LogP contribution is -2.48. The van der Waals surface area contributed by atoms with E-state index in [1.54, 1.807) is 6.92 Å². The molecule has 22 heavy (non-hydrogen) atoms. The minimum absolute atomic E-state index is 0.180. The number of hydrogen-bond donors (Lipinski definition) is 0. The van der Waals surface area contributed by atoms with Crippen LogP contribution in [-0.2, 0) is 9.59 Å². The van der Waals surface area contributed by atoms with Gasteiger partial charge in [-0.25, -0.2) is 0 Å². The van der Waals surface area contributed by atoms with Crippen LogP contribution in [-0.4, -0.2) is 53.7 Å². The highest BCUT2D eigenvalue weighted by Crippen LogP contribution is 2.31. The summed E-state index contributed by atoms with van der Waals surface area (Å²) in [5.41, 5.74) is 0. The van der Waals surface area contributed by atoms with Gasteiger partial charge in [-0.15, -0.1) is 0 Å². The molecule has 0 bridgehead atoms. The van der Waals surface area contributed by atoms with E-state index >= 15 is 0 Å². The summed E-state index contributed by atoms with van der Waals surface area (Å²) >= 11 is 0. The summed E-state index contributed by atoms with van der Waals surface area (Å²) in [5, 5.41) is 0. The maximum absolute atomic E-state index is 12.7. The SMILES string of the molecule is CC(=O)C1CCC(C(=O)N2CCC(N3CCCC3)CC2)CC1. The number of amides is 1. The van der Waals surface area contributed by atoms with Crippen molar-refractivity contribution in [2.75, 3.05) is 26.2 Å². The zero-order valence-electron chi connectivity index (χ0n) is 13.9. The Labute approximate surface area is 134 Å². The Bertz CT molecular complexity index is 401. The molecule has 0 N–H and O–H groups in total.